The van der Waals surface area contributed by atoms with Crippen LogP contribution in [0.1, 0.15) is 68.6 Å². The fraction of sp³-hybridized carbons (Fsp3) is 0.386. The normalized spacial score (nSPS) is 17.1. The molecule has 1 aromatic heterocycles. The van der Waals surface area contributed by atoms with E-state index in [0.717, 1.165) is 40.8 Å². The van der Waals surface area contributed by atoms with Crippen molar-refractivity contribution in [2.45, 2.75) is 70.2 Å². The lowest BCUT2D eigenvalue weighted by Gasteiger charge is -2.34. The highest BCUT2D eigenvalue weighted by Gasteiger charge is 2.41. The number of alkyl carbamates (subject to hydrolysis) is 1. The largest absolute Gasteiger partial charge is 0.453 e. The predicted molar refractivity (Wildman–Crippen MR) is 222 cm³/mol. The first-order valence-electron chi connectivity index (χ1n) is 20.0. The summed E-state index contributed by atoms with van der Waals surface area (Å²) in [5.41, 5.74) is 5.05. The molecule has 2 fully saturated rings. The number of methoxy groups -OCH3 is 2. The Morgan fingerprint density at radius 3 is 2.10 bits per heavy atom. The van der Waals surface area contributed by atoms with Crippen molar-refractivity contribution in [3.8, 4) is 22.4 Å². The predicted octanol–water partition coefficient (Wildman–Crippen LogP) is 5.54. The van der Waals surface area contributed by atoms with Gasteiger partial charge in [0.15, 0.2) is 0 Å². The smallest absolute Gasteiger partial charge is 0.409 e. The van der Waals surface area contributed by atoms with Gasteiger partial charge >= 0.3 is 18.2 Å². The van der Waals surface area contributed by atoms with Gasteiger partial charge in [0, 0.05) is 26.7 Å². The lowest BCUT2D eigenvalue weighted by Crippen LogP contribution is -2.52. The van der Waals surface area contributed by atoms with E-state index in [0.29, 0.717) is 37.3 Å². The van der Waals surface area contributed by atoms with Crippen molar-refractivity contribution in [2.24, 2.45) is 5.92 Å². The average molecular weight is 821 g/mol. The number of likely N-dealkylation sites (tertiary alicyclic amines) is 2. The Bertz CT molecular complexity index is 2160. The van der Waals surface area contributed by atoms with Crippen LogP contribution in [0.25, 0.3) is 22.4 Å². The molecular formula is C44H52N8O8. The molecule has 2 aliphatic heterocycles. The van der Waals surface area contributed by atoms with Crippen molar-refractivity contribution < 1.29 is 38.2 Å². The number of imidazole rings is 1. The minimum absolute atomic E-state index is 0.111. The molecule has 4 N–H and O–H groups in total. The molecule has 60 heavy (non-hydrogen) atoms. The Balaban J connectivity index is 1.02. The molecular weight excluding hydrogens is 769 g/mol. The van der Waals surface area contributed by atoms with E-state index in [-0.39, 0.29) is 24.4 Å². The van der Waals surface area contributed by atoms with Gasteiger partial charge in [-0.15, -0.1) is 0 Å². The molecule has 316 valence electrons. The molecule has 4 atom stereocenters. The first-order chi connectivity index (χ1) is 28.9. The maximum atomic E-state index is 13.7. The number of nitrogens with one attached hydrogen (secondary N) is 4. The third-order valence-electron chi connectivity index (χ3n) is 11.1. The zero-order chi connectivity index (χ0) is 42.9. The summed E-state index contributed by atoms with van der Waals surface area (Å²) >= 11 is 0. The number of H-pyrrole nitrogens is 1. The van der Waals surface area contributed by atoms with Crippen LogP contribution in [0.3, 0.4) is 0 Å². The minimum atomic E-state index is -1.06. The van der Waals surface area contributed by atoms with Crippen molar-refractivity contribution >= 4 is 35.9 Å². The summed E-state index contributed by atoms with van der Waals surface area (Å²) in [5.74, 6) is -0.624. The van der Waals surface area contributed by atoms with Gasteiger partial charge in [0.05, 0.1) is 32.2 Å². The van der Waals surface area contributed by atoms with Crippen LogP contribution < -0.4 is 16.0 Å². The molecule has 0 unspecified atom stereocenters. The lowest BCUT2D eigenvalue weighted by atomic mass is 10.0. The molecule has 0 bridgehead atoms. The van der Waals surface area contributed by atoms with Gasteiger partial charge in [-0.2, -0.15) is 0 Å². The second-order valence-corrected chi connectivity index (χ2v) is 15.3. The zero-order valence-electron chi connectivity index (χ0n) is 34.5. The molecule has 3 aromatic carbocycles. The van der Waals surface area contributed by atoms with E-state index in [2.05, 4.69) is 25.9 Å². The Morgan fingerprint density at radius 2 is 1.45 bits per heavy atom. The maximum absolute atomic E-state index is 13.7. The van der Waals surface area contributed by atoms with Gasteiger partial charge in [0.1, 0.15) is 23.9 Å². The van der Waals surface area contributed by atoms with Crippen molar-refractivity contribution in [3.05, 3.63) is 102 Å². The van der Waals surface area contributed by atoms with Crippen LogP contribution in [-0.4, -0.2) is 107 Å². The number of imide groups is 1. The number of rotatable bonds is 12. The highest BCUT2D eigenvalue weighted by atomic mass is 16.5. The second kappa shape index (κ2) is 19.4. The van der Waals surface area contributed by atoms with Crippen molar-refractivity contribution in [1.29, 1.82) is 0 Å². The topological polar surface area (TPSA) is 195 Å². The summed E-state index contributed by atoms with van der Waals surface area (Å²) < 4.78 is 9.61. The fourth-order valence-electron chi connectivity index (χ4n) is 7.95. The molecule has 0 aliphatic carbocycles. The molecule has 2 aliphatic rings. The molecule has 4 aromatic rings. The number of nitrogens with zero attached hydrogens (tertiary/aromatic N) is 4. The van der Waals surface area contributed by atoms with E-state index in [9.17, 15) is 28.8 Å². The van der Waals surface area contributed by atoms with Crippen LogP contribution in [0, 0.1) is 5.92 Å². The van der Waals surface area contributed by atoms with Crippen LogP contribution in [0.4, 0.5) is 14.4 Å². The molecule has 0 radical (unpaired) electrons. The lowest BCUT2D eigenvalue weighted by molar-refractivity contribution is -0.139. The molecule has 0 spiro atoms. The van der Waals surface area contributed by atoms with Gasteiger partial charge < -0.3 is 34.9 Å². The SMILES string of the molecule is COC(=O)N[C@@H](C(=O)N1CCC[C@H]1C(=O)NC(=O)NCc1ccc(-c2ccc(-c3cnc([C@@H]4CCCN4C(=O)[C@H](C(C)C)N(C)C(=O)OC)[nH]3)cc2)cc1)c1ccccc1. The molecule has 6 rings (SSSR count). The fourth-order valence-corrected chi connectivity index (χ4v) is 7.95. The minimum Gasteiger partial charge on any atom is -0.453 e. The summed E-state index contributed by atoms with van der Waals surface area (Å²) in [6.07, 6.45) is 2.95. The van der Waals surface area contributed by atoms with E-state index < -0.39 is 48.2 Å². The van der Waals surface area contributed by atoms with E-state index in [4.69, 9.17) is 9.47 Å². The highest BCUT2D eigenvalue weighted by Crippen LogP contribution is 2.34. The van der Waals surface area contributed by atoms with E-state index in [1.165, 1.54) is 24.0 Å². The first-order valence-corrected chi connectivity index (χ1v) is 20.0. The monoisotopic (exact) mass is 820 g/mol. The Morgan fingerprint density at radius 1 is 0.817 bits per heavy atom. The van der Waals surface area contributed by atoms with Crippen molar-refractivity contribution in [1.82, 2.24) is 40.6 Å². The van der Waals surface area contributed by atoms with Crippen LogP contribution in [-0.2, 0) is 30.4 Å². The summed E-state index contributed by atoms with van der Waals surface area (Å²) in [6.45, 7) is 4.86. The van der Waals surface area contributed by atoms with Gasteiger partial charge in [-0.25, -0.2) is 19.4 Å². The number of ether oxygens (including phenoxy) is 2. The zero-order valence-corrected chi connectivity index (χ0v) is 34.5. The molecule has 3 heterocycles. The number of urea groups is 1. The highest BCUT2D eigenvalue weighted by molar-refractivity contribution is 5.99. The summed E-state index contributed by atoms with van der Waals surface area (Å²) in [6, 6.07) is 20.9. The number of aromatic amines is 1. The van der Waals surface area contributed by atoms with Crippen LogP contribution in [0.15, 0.2) is 85.1 Å². The summed E-state index contributed by atoms with van der Waals surface area (Å²) in [5, 5.41) is 7.65. The van der Waals surface area contributed by atoms with E-state index in [1.807, 2.05) is 67.3 Å². The quantitative estimate of drug-likeness (QED) is 0.142. The third-order valence-corrected chi connectivity index (χ3v) is 11.1. The number of hydrogen-bond donors (Lipinski definition) is 4. The van der Waals surface area contributed by atoms with Crippen LogP contribution in [0.2, 0.25) is 0 Å². The Hall–Kier alpha value is -6.71. The molecule has 16 nitrogen and oxygen atoms in total. The van der Waals surface area contributed by atoms with E-state index >= 15 is 0 Å². The van der Waals surface area contributed by atoms with Gasteiger partial charge in [-0.1, -0.05) is 92.7 Å². The molecule has 7 amide bonds. The summed E-state index contributed by atoms with van der Waals surface area (Å²) in [7, 11) is 4.10. The van der Waals surface area contributed by atoms with Crippen molar-refractivity contribution in [2.75, 3.05) is 34.4 Å². The Kier molecular flexibility index (Phi) is 13.8. The maximum Gasteiger partial charge on any atom is 0.409 e. The number of likely N-dealkylation sites (N-methyl/N-ethyl adjacent to an activating group) is 1. The second-order valence-electron chi connectivity index (χ2n) is 15.3. The van der Waals surface area contributed by atoms with Crippen LogP contribution >= 0.6 is 0 Å². The number of carbonyl (C=O) groups is 6. The van der Waals surface area contributed by atoms with Gasteiger partial charge in [0.2, 0.25) is 5.91 Å². The molecule has 16 heteroatoms. The average Bonchev–Trinajstić information content (AvgIpc) is 4.07. The third kappa shape index (κ3) is 9.76. The standard InChI is InChI=1S/C44H52N8O8/c1-27(2)37(50(3)44(58)60-5)41(55)51-23-9-13-34(51)38-45-26-33(47-38)31-21-19-30(20-22-31)29-17-15-28(16-18-29)25-46-42(56)49-39(53)35-14-10-24-52(35)40(54)36(48-43(57)59-4)32-11-7-6-8-12-32/h6-8,11-12,15-22,26-27,34-37H,9-10,13-14,23-25H2,1-5H3,(H,45,47)(H,48,57)(H2,46,49,53,56)/t34-,35-,36+,37-/m0/s1. The van der Waals surface area contributed by atoms with Crippen molar-refractivity contribution in [3.63, 3.8) is 0 Å². The first kappa shape index (κ1) is 42.9. The van der Waals surface area contributed by atoms with E-state index in [1.54, 1.807) is 43.6 Å². The number of carbonyl (C=O) groups excluding carboxylic acids is 6. The summed E-state index contributed by atoms with van der Waals surface area (Å²) in [4.78, 5) is 90.4. The Labute approximate surface area is 349 Å². The number of hydrogen-bond acceptors (Lipinski definition) is 9. The molecule has 2 saturated heterocycles. The molecule has 0 saturated carbocycles. The van der Waals surface area contributed by atoms with Crippen LogP contribution in [0.5, 0.6) is 0 Å². The van der Waals surface area contributed by atoms with Gasteiger partial charge in [0.25, 0.3) is 11.8 Å². The van der Waals surface area contributed by atoms with Gasteiger partial charge in [-0.05, 0) is 59.4 Å². The number of benzene rings is 3. The number of amides is 7. The van der Waals surface area contributed by atoms with Gasteiger partial charge in [-0.3, -0.25) is 24.6 Å². The number of aromatic nitrogens is 2.